The molecule has 0 amide bonds. The minimum atomic E-state index is -4.04. The van der Waals surface area contributed by atoms with Crippen LogP contribution in [-0.4, -0.2) is 58.6 Å². The van der Waals surface area contributed by atoms with Crippen molar-refractivity contribution in [3.8, 4) is 0 Å². The Bertz CT molecular complexity index is 1210. The van der Waals surface area contributed by atoms with E-state index in [9.17, 15) is 8.42 Å². The fraction of sp³-hybridized carbons (Fsp3) is 0.375. The Morgan fingerprint density at radius 2 is 1.97 bits per heavy atom. The van der Waals surface area contributed by atoms with Crippen molar-refractivity contribution in [1.82, 2.24) is 13.8 Å². The van der Waals surface area contributed by atoms with E-state index in [1.54, 1.807) is 10.9 Å². The number of anilines is 1. The first-order chi connectivity index (χ1) is 15.6. The van der Waals surface area contributed by atoms with Crippen LogP contribution in [-0.2, 0) is 16.6 Å². The average Bonchev–Trinajstić information content (AvgIpc) is 3.48. The van der Waals surface area contributed by atoms with Gasteiger partial charge in [-0.2, -0.15) is 17.3 Å². The van der Waals surface area contributed by atoms with E-state index < -0.39 is 19.7 Å². The lowest BCUT2D eigenvalue weighted by atomic mass is 10.1. The fourth-order valence-corrected chi connectivity index (χ4v) is 6.59. The summed E-state index contributed by atoms with van der Waals surface area (Å²) < 4.78 is 41.4. The molecule has 1 saturated heterocycles. The van der Waals surface area contributed by atoms with Crippen LogP contribution in [0.2, 0.25) is 0 Å². The third kappa shape index (κ3) is 4.55. The summed E-state index contributed by atoms with van der Waals surface area (Å²) in [6, 6.07) is 13.4. The summed E-state index contributed by atoms with van der Waals surface area (Å²) in [5.41, 5.74) is 4.31. The Morgan fingerprint density at radius 3 is 2.64 bits per heavy atom. The van der Waals surface area contributed by atoms with Gasteiger partial charge in [0.05, 0.1) is 25.0 Å². The van der Waals surface area contributed by atoms with Crippen molar-refractivity contribution < 1.29 is 12.8 Å². The molecule has 1 aliphatic heterocycles. The van der Waals surface area contributed by atoms with Crippen LogP contribution in [0.25, 0.3) is 0 Å². The summed E-state index contributed by atoms with van der Waals surface area (Å²) in [6.07, 6.45) is 0.970. The molecule has 0 bridgehead atoms. The number of nitrogens with zero attached hydrogens (tertiary/aromatic N) is 4. The number of sulfonamides is 1. The number of aryl methyl sites for hydroxylation is 1. The first-order valence-corrected chi connectivity index (χ1v) is 13.3. The number of halogens is 1. The predicted molar refractivity (Wildman–Crippen MR) is 133 cm³/mol. The summed E-state index contributed by atoms with van der Waals surface area (Å²) >= 11 is 1.31. The predicted octanol–water partition coefficient (Wildman–Crippen LogP) is 4.26. The number of likely N-dealkylation sites (N-methyl/N-ethyl adjacent to an activating group) is 1. The Hall–Kier alpha value is -2.33. The van der Waals surface area contributed by atoms with Gasteiger partial charge in [0, 0.05) is 38.4 Å². The maximum atomic E-state index is 15.3. The van der Waals surface area contributed by atoms with E-state index in [1.807, 2.05) is 32.2 Å². The molecule has 2 heterocycles. The van der Waals surface area contributed by atoms with Gasteiger partial charge in [-0.05, 0) is 36.6 Å². The fourth-order valence-electron chi connectivity index (χ4n) is 4.37. The van der Waals surface area contributed by atoms with Gasteiger partial charge >= 0.3 is 10.0 Å². The zero-order valence-corrected chi connectivity index (χ0v) is 21.0. The highest BCUT2D eigenvalue weighted by Gasteiger charge is 2.41. The molecule has 3 aromatic rings. The third-order valence-corrected chi connectivity index (χ3v) is 9.36. The van der Waals surface area contributed by atoms with Crippen LogP contribution in [0.3, 0.4) is 0 Å². The monoisotopic (exact) mass is 489 g/mol. The van der Waals surface area contributed by atoms with Crippen molar-refractivity contribution in [1.29, 1.82) is 0 Å². The molecule has 4 rings (SSSR count). The molecule has 33 heavy (non-hydrogen) atoms. The number of benzene rings is 2. The number of hydrogen-bond acceptors (Lipinski definition) is 6. The number of hydrogen-bond donors (Lipinski definition) is 0. The maximum absolute atomic E-state index is 15.3. The van der Waals surface area contributed by atoms with Crippen LogP contribution in [0.4, 0.5) is 15.9 Å². The summed E-state index contributed by atoms with van der Waals surface area (Å²) in [5, 5.41) is 1.67. The van der Waals surface area contributed by atoms with Gasteiger partial charge in [0.1, 0.15) is 5.82 Å². The van der Waals surface area contributed by atoms with Gasteiger partial charge in [-0.25, -0.2) is 4.39 Å². The van der Waals surface area contributed by atoms with Crippen LogP contribution >= 0.6 is 11.3 Å². The quantitative estimate of drug-likeness (QED) is 0.464. The molecule has 0 spiro atoms. The van der Waals surface area contributed by atoms with Gasteiger partial charge in [-0.3, -0.25) is 4.90 Å². The summed E-state index contributed by atoms with van der Waals surface area (Å²) in [4.78, 5) is 8.33. The molecule has 1 fully saturated rings. The van der Waals surface area contributed by atoms with Gasteiger partial charge in [-0.15, -0.1) is 11.3 Å². The van der Waals surface area contributed by atoms with E-state index in [2.05, 4.69) is 26.9 Å². The van der Waals surface area contributed by atoms with E-state index >= 15 is 4.39 Å². The second kappa shape index (κ2) is 9.13. The molecule has 1 aromatic heterocycles. The molecule has 1 aliphatic rings. The van der Waals surface area contributed by atoms with Crippen LogP contribution in [0, 0.1) is 12.7 Å². The first-order valence-electron chi connectivity index (χ1n) is 10.9. The number of aromatic nitrogens is 1. The molecular formula is C24H30FN4O2S2+. The molecule has 0 aliphatic carbocycles. The lowest BCUT2D eigenvalue weighted by Crippen LogP contribution is -2.47. The standard InChI is InChI=1S/C24H30FN4O2S2/c1-18-12-23(33(30,31)29(3,4)24-16-32-17-26-24)21(25)13-22(18)27(2)20-10-11-28(15-20)14-19-8-6-5-7-9-19/h5-9,12-13,16-17,20H,10-11,14-15H2,1-4H3/q+1. The third-order valence-electron chi connectivity index (χ3n) is 6.52. The maximum Gasteiger partial charge on any atom is 0.335 e. The SMILES string of the molecule is Cc1cc(S(=O)(=O)[N+](C)(C)c2cscn2)c(F)cc1N(C)C1CCN(Cc2ccccc2)C1. The van der Waals surface area contributed by atoms with Crippen molar-refractivity contribution in [3.05, 3.63) is 70.3 Å². The Balaban J connectivity index is 1.55. The van der Waals surface area contributed by atoms with Gasteiger partial charge in [0.2, 0.25) is 0 Å². The molecule has 1 atom stereocenters. The molecule has 6 nitrogen and oxygen atoms in total. The molecule has 2 aromatic carbocycles. The lowest BCUT2D eigenvalue weighted by molar-refractivity contribution is 0.326. The lowest BCUT2D eigenvalue weighted by Gasteiger charge is -2.30. The van der Waals surface area contributed by atoms with Crippen LogP contribution in [0.15, 0.2) is 58.3 Å². The smallest absolute Gasteiger partial charge is 0.335 e. The topological polar surface area (TPSA) is 53.5 Å². The largest absolute Gasteiger partial charge is 0.370 e. The summed E-state index contributed by atoms with van der Waals surface area (Å²) in [6.45, 7) is 4.57. The normalized spacial score (nSPS) is 17.4. The number of thiazole rings is 1. The minimum absolute atomic E-state index is 0.233. The van der Waals surface area contributed by atoms with Gasteiger partial charge in [-0.1, -0.05) is 30.3 Å². The molecule has 1 unspecified atom stereocenters. The van der Waals surface area contributed by atoms with E-state index in [-0.39, 0.29) is 10.9 Å². The van der Waals surface area contributed by atoms with E-state index in [0.29, 0.717) is 5.82 Å². The van der Waals surface area contributed by atoms with Crippen molar-refractivity contribution >= 4 is 32.9 Å². The average molecular weight is 490 g/mol. The van der Waals surface area contributed by atoms with E-state index in [0.717, 1.165) is 37.3 Å². The minimum Gasteiger partial charge on any atom is -0.370 e. The summed E-state index contributed by atoms with van der Waals surface area (Å²) in [7, 11) is 0.947. The van der Waals surface area contributed by atoms with Gasteiger partial charge in [0.15, 0.2) is 4.90 Å². The number of likely N-dealkylation sites (tertiary alicyclic amines) is 1. The van der Waals surface area contributed by atoms with E-state index in [1.165, 1.54) is 43.1 Å². The highest BCUT2D eigenvalue weighted by atomic mass is 32.2. The van der Waals surface area contributed by atoms with Crippen molar-refractivity contribution in [2.24, 2.45) is 0 Å². The zero-order valence-electron chi connectivity index (χ0n) is 19.4. The van der Waals surface area contributed by atoms with Crippen molar-refractivity contribution in [2.75, 3.05) is 39.1 Å². The van der Waals surface area contributed by atoms with E-state index in [4.69, 9.17) is 0 Å². The second-order valence-corrected chi connectivity index (χ2v) is 12.0. The Labute approximate surface area is 199 Å². The van der Waals surface area contributed by atoms with Crippen LogP contribution < -0.4 is 8.79 Å². The molecule has 0 N–H and O–H groups in total. The first kappa shape index (κ1) is 23.8. The zero-order chi connectivity index (χ0) is 23.8. The Morgan fingerprint density at radius 1 is 1.24 bits per heavy atom. The molecule has 9 heteroatoms. The Kier molecular flexibility index (Phi) is 6.59. The summed E-state index contributed by atoms with van der Waals surface area (Å²) in [5.74, 6) is -0.370. The van der Waals surface area contributed by atoms with Crippen LogP contribution in [0.5, 0.6) is 0 Å². The number of rotatable bonds is 7. The molecular weight excluding hydrogens is 459 g/mol. The van der Waals surface area contributed by atoms with Gasteiger partial charge in [0.25, 0.3) is 5.82 Å². The van der Waals surface area contributed by atoms with Crippen molar-refractivity contribution in [2.45, 2.75) is 30.8 Å². The molecule has 176 valence electrons. The van der Waals surface area contributed by atoms with Crippen molar-refractivity contribution in [3.63, 3.8) is 0 Å². The van der Waals surface area contributed by atoms with Crippen LogP contribution in [0.1, 0.15) is 17.5 Å². The number of quaternary nitrogens is 1. The molecule has 0 radical (unpaired) electrons. The second-order valence-electron chi connectivity index (χ2n) is 9.02. The highest BCUT2D eigenvalue weighted by molar-refractivity contribution is 7.91. The van der Waals surface area contributed by atoms with Gasteiger partial charge < -0.3 is 4.90 Å². The molecule has 0 saturated carbocycles. The highest BCUT2D eigenvalue weighted by Crippen LogP contribution is 2.34.